The molecule has 2 heteroatoms. The monoisotopic (exact) mass is 568 g/mol. The molecule has 0 saturated carbocycles. The van der Waals surface area contributed by atoms with Crippen molar-refractivity contribution in [2.45, 2.75) is 26.2 Å². The molecule has 0 aliphatic rings. The van der Waals surface area contributed by atoms with E-state index in [1.807, 2.05) is 6.07 Å². The van der Waals surface area contributed by atoms with Crippen molar-refractivity contribution >= 4 is 50.0 Å². The van der Waals surface area contributed by atoms with E-state index in [9.17, 15) is 0 Å². The smallest absolute Gasteiger partial charge is 0.0618 e. The van der Waals surface area contributed by atoms with Crippen molar-refractivity contribution < 1.29 is 0 Å². The van der Waals surface area contributed by atoms with Gasteiger partial charge in [-0.05, 0) is 75.3 Å². The Kier molecular flexibility index (Phi) is 7.12. The van der Waals surface area contributed by atoms with Gasteiger partial charge in [0.1, 0.15) is 0 Å². The Bertz CT molecular complexity index is 2000. The van der Waals surface area contributed by atoms with Gasteiger partial charge < -0.3 is 10.2 Å². The lowest BCUT2D eigenvalue weighted by molar-refractivity contribution is 0.590. The van der Waals surface area contributed by atoms with Gasteiger partial charge in [-0.2, -0.15) is 0 Å². The molecular weight excluding hydrogens is 532 g/mol. The number of nitrogens with zero attached hydrogens (tertiary/aromatic N) is 1. The molecule has 0 aliphatic heterocycles. The van der Waals surface area contributed by atoms with E-state index in [1.54, 1.807) is 0 Å². The molecule has 0 aliphatic carbocycles. The molecule has 0 unspecified atom stereocenters. The molecule has 0 spiro atoms. The van der Waals surface area contributed by atoms with Gasteiger partial charge in [-0.25, -0.2) is 0 Å². The first-order valence-corrected chi connectivity index (χ1v) is 15.3. The fourth-order valence-corrected chi connectivity index (χ4v) is 6.19. The minimum atomic E-state index is 0.0691. The SMILES string of the molecule is CC(C)(C)c1ccc(N(c2cccc(Nc3ccccc3)c2)c2c3ccccc3c(-c3ccccc3)c3ccccc23)cc1. The number of rotatable bonds is 6. The average Bonchev–Trinajstić information content (AvgIpc) is 3.05. The van der Waals surface area contributed by atoms with Gasteiger partial charge in [0.2, 0.25) is 0 Å². The van der Waals surface area contributed by atoms with E-state index in [1.165, 1.54) is 43.9 Å². The average molecular weight is 569 g/mol. The van der Waals surface area contributed by atoms with Crippen LogP contribution in [0.3, 0.4) is 0 Å². The summed E-state index contributed by atoms with van der Waals surface area (Å²) in [4.78, 5) is 2.43. The van der Waals surface area contributed by atoms with Gasteiger partial charge in [0.25, 0.3) is 0 Å². The first-order valence-electron chi connectivity index (χ1n) is 15.3. The number of para-hydroxylation sites is 1. The van der Waals surface area contributed by atoms with Crippen LogP contribution in [0.5, 0.6) is 0 Å². The minimum Gasteiger partial charge on any atom is -0.355 e. The summed E-state index contributed by atoms with van der Waals surface area (Å²) in [6.45, 7) is 6.80. The third-order valence-electron chi connectivity index (χ3n) is 8.35. The maximum absolute atomic E-state index is 3.61. The van der Waals surface area contributed by atoms with Crippen molar-refractivity contribution in [3.8, 4) is 11.1 Å². The van der Waals surface area contributed by atoms with E-state index >= 15 is 0 Å². The zero-order valence-corrected chi connectivity index (χ0v) is 25.5. The van der Waals surface area contributed by atoms with E-state index in [2.05, 4.69) is 183 Å². The highest BCUT2D eigenvalue weighted by atomic mass is 15.1. The lowest BCUT2D eigenvalue weighted by Gasteiger charge is -2.30. The van der Waals surface area contributed by atoms with Crippen molar-refractivity contribution in [3.05, 3.63) is 163 Å². The van der Waals surface area contributed by atoms with Crippen LogP contribution in [0.15, 0.2) is 158 Å². The van der Waals surface area contributed by atoms with Crippen molar-refractivity contribution in [1.82, 2.24) is 0 Å². The summed E-state index contributed by atoms with van der Waals surface area (Å²) in [5, 5.41) is 8.51. The van der Waals surface area contributed by atoms with Gasteiger partial charge in [0.05, 0.1) is 5.69 Å². The summed E-state index contributed by atoms with van der Waals surface area (Å²) in [6.07, 6.45) is 0. The quantitative estimate of drug-likeness (QED) is 0.201. The second kappa shape index (κ2) is 11.4. The molecule has 0 radical (unpaired) electrons. The maximum atomic E-state index is 3.61. The molecule has 7 aromatic rings. The van der Waals surface area contributed by atoms with Crippen LogP contribution in [-0.2, 0) is 5.41 Å². The number of anilines is 5. The van der Waals surface area contributed by atoms with Crippen LogP contribution in [0.4, 0.5) is 28.4 Å². The molecule has 0 bridgehead atoms. The second-order valence-electron chi connectivity index (χ2n) is 12.4. The number of hydrogen-bond acceptors (Lipinski definition) is 2. The summed E-state index contributed by atoms with van der Waals surface area (Å²) in [6, 6.07) is 56.6. The highest BCUT2D eigenvalue weighted by Crippen LogP contribution is 2.48. The summed E-state index contributed by atoms with van der Waals surface area (Å²) in [5.74, 6) is 0. The van der Waals surface area contributed by atoms with Crippen LogP contribution in [0.2, 0.25) is 0 Å². The van der Waals surface area contributed by atoms with E-state index in [0.717, 1.165) is 22.7 Å². The first kappa shape index (κ1) is 27.5. The Morgan fingerprint density at radius 2 is 0.977 bits per heavy atom. The van der Waals surface area contributed by atoms with Crippen LogP contribution < -0.4 is 10.2 Å². The predicted molar refractivity (Wildman–Crippen MR) is 190 cm³/mol. The van der Waals surface area contributed by atoms with Crippen molar-refractivity contribution in [1.29, 1.82) is 0 Å². The Labute approximate surface area is 260 Å². The summed E-state index contributed by atoms with van der Waals surface area (Å²) < 4.78 is 0. The van der Waals surface area contributed by atoms with Gasteiger partial charge in [0, 0.05) is 33.5 Å². The van der Waals surface area contributed by atoms with Crippen LogP contribution in [0.25, 0.3) is 32.7 Å². The van der Waals surface area contributed by atoms with Gasteiger partial charge in [-0.3, -0.25) is 0 Å². The van der Waals surface area contributed by atoms with Crippen molar-refractivity contribution in [2.75, 3.05) is 10.2 Å². The normalized spacial score (nSPS) is 11.5. The van der Waals surface area contributed by atoms with Gasteiger partial charge in [0.15, 0.2) is 0 Å². The zero-order valence-electron chi connectivity index (χ0n) is 25.5. The van der Waals surface area contributed by atoms with Crippen LogP contribution in [-0.4, -0.2) is 0 Å². The topological polar surface area (TPSA) is 15.3 Å². The summed E-state index contributed by atoms with van der Waals surface area (Å²) in [7, 11) is 0. The standard InChI is InChI=1S/C42H36N2/c1-42(2,3)31-25-27-34(28-26-31)44(35-20-14-19-33(29-35)43-32-17-8-5-9-18-32)41-38-23-12-10-21-36(38)40(30-15-6-4-7-16-30)37-22-11-13-24-39(37)41/h4-29,43H,1-3H3. The predicted octanol–water partition coefficient (Wildman–Crippen LogP) is 12.2. The first-order chi connectivity index (χ1) is 21.5. The van der Waals surface area contributed by atoms with E-state index in [-0.39, 0.29) is 5.41 Å². The van der Waals surface area contributed by atoms with Crippen LogP contribution in [0, 0.1) is 0 Å². The van der Waals surface area contributed by atoms with Gasteiger partial charge in [-0.15, -0.1) is 0 Å². The Morgan fingerprint density at radius 3 is 1.57 bits per heavy atom. The summed E-state index contributed by atoms with van der Waals surface area (Å²) in [5.41, 5.74) is 9.37. The zero-order chi connectivity index (χ0) is 30.1. The number of fused-ring (bicyclic) bond motifs is 2. The van der Waals surface area contributed by atoms with E-state index in [4.69, 9.17) is 0 Å². The van der Waals surface area contributed by atoms with Gasteiger partial charge in [-0.1, -0.05) is 136 Å². The van der Waals surface area contributed by atoms with Crippen LogP contribution in [0.1, 0.15) is 26.3 Å². The molecule has 0 aromatic heterocycles. The molecule has 0 saturated heterocycles. The molecule has 2 nitrogen and oxygen atoms in total. The largest absolute Gasteiger partial charge is 0.355 e. The summed E-state index contributed by atoms with van der Waals surface area (Å²) >= 11 is 0. The molecule has 7 aromatic carbocycles. The molecule has 44 heavy (non-hydrogen) atoms. The lowest BCUT2D eigenvalue weighted by atomic mass is 9.87. The third-order valence-corrected chi connectivity index (χ3v) is 8.35. The van der Waals surface area contributed by atoms with Gasteiger partial charge >= 0.3 is 0 Å². The molecule has 214 valence electrons. The van der Waals surface area contributed by atoms with Crippen LogP contribution >= 0.6 is 0 Å². The number of nitrogens with one attached hydrogen (secondary N) is 1. The lowest BCUT2D eigenvalue weighted by Crippen LogP contribution is -2.14. The number of benzene rings is 7. The van der Waals surface area contributed by atoms with Crippen molar-refractivity contribution in [2.24, 2.45) is 0 Å². The molecule has 0 atom stereocenters. The third kappa shape index (κ3) is 5.20. The van der Waals surface area contributed by atoms with E-state index in [0.29, 0.717) is 0 Å². The molecular formula is C42H36N2. The second-order valence-corrected chi connectivity index (χ2v) is 12.4. The fraction of sp³-hybridized carbons (Fsp3) is 0.0952. The van der Waals surface area contributed by atoms with E-state index < -0.39 is 0 Å². The fourth-order valence-electron chi connectivity index (χ4n) is 6.19. The molecule has 0 amide bonds. The number of hydrogen-bond donors (Lipinski definition) is 1. The Balaban J connectivity index is 1.51. The Morgan fingerprint density at radius 1 is 0.455 bits per heavy atom. The maximum Gasteiger partial charge on any atom is 0.0618 e. The molecule has 7 rings (SSSR count). The molecule has 0 fully saturated rings. The highest BCUT2D eigenvalue weighted by molar-refractivity contribution is 6.22. The highest BCUT2D eigenvalue weighted by Gasteiger charge is 2.23. The molecule has 0 heterocycles. The molecule has 1 N–H and O–H groups in total. The Hall–Kier alpha value is -5.34. The minimum absolute atomic E-state index is 0.0691. The van der Waals surface area contributed by atoms with Crippen molar-refractivity contribution in [3.63, 3.8) is 0 Å².